The summed E-state index contributed by atoms with van der Waals surface area (Å²) >= 11 is 0. The molecule has 0 saturated heterocycles. The topological polar surface area (TPSA) is 80.5 Å². The molecule has 0 aliphatic rings. The summed E-state index contributed by atoms with van der Waals surface area (Å²) in [4.78, 5) is 0. The molecule has 0 unspecified atom stereocenters. The Balaban J connectivity index is 2.48. The van der Waals surface area contributed by atoms with E-state index in [1.54, 1.807) is 13.8 Å². The van der Waals surface area contributed by atoms with E-state index in [-0.39, 0.29) is 6.54 Å². The van der Waals surface area contributed by atoms with Gasteiger partial charge in [-0.25, -0.2) is 4.68 Å². The molecule has 0 N–H and O–H groups in total. The van der Waals surface area contributed by atoms with E-state index in [4.69, 9.17) is 9.78 Å². The second kappa shape index (κ2) is 4.38. The Kier molecular flexibility index (Phi) is 3.01. The van der Waals surface area contributed by atoms with Gasteiger partial charge in [0.2, 0.25) is 0 Å². The zero-order valence-electron chi connectivity index (χ0n) is 9.99. The average molecular weight is 271 g/mol. The van der Waals surface area contributed by atoms with Crippen LogP contribution in [0.15, 0.2) is 4.52 Å². The van der Waals surface area contributed by atoms with Gasteiger partial charge in [0.25, 0.3) is 0 Å². The summed E-state index contributed by atoms with van der Waals surface area (Å²) in [6, 6.07) is 1.38. The molecule has 0 spiro atoms. The van der Waals surface area contributed by atoms with Crippen molar-refractivity contribution in [1.29, 1.82) is 5.26 Å². The van der Waals surface area contributed by atoms with Crippen LogP contribution >= 0.6 is 0 Å². The van der Waals surface area contributed by atoms with Gasteiger partial charge in [-0.05, 0) is 13.8 Å². The SMILES string of the molecule is Cc1noc(C)c1Cn1nnc(C#N)c1C(F)(F)F. The lowest BCUT2D eigenvalue weighted by Crippen LogP contribution is -2.17. The number of aromatic nitrogens is 4. The Morgan fingerprint density at radius 3 is 2.53 bits per heavy atom. The highest BCUT2D eigenvalue weighted by atomic mass is 19.4. The van der Waals surface area contributed by atoms with Crippen molar-refractivity contribution in [3.05, 3.63) is 28.4 Å². The van der Waals surface area contributed by atoms with Crippen LogP contribution in [0.5, 0.6) is 0 Å². The monoisotopic (exact) mass is 271 g/mol. The Labute approximate surface area is 105 Å². The zero-order chi connectivity index (χ0) is 14.2. The summed E-state index contributed by atoms with van der Waals surface area (Å²) in [5.41, 5.74) is -0.964. The molecule has 0 saturated carbocycles. The first-order valence-corrected chi connectivity index (χ1v) is 5.17. The number of aryl methyl sites for hydroxylation is 2. The normalized spacial score (nSPS) is 11.6. The van der Waals surface area contributed by atoms with E-state index in [0.717, 1.165) is 0 Å². The van der Waals surface area contributed by atoms with Crippen LogP contribution in [0.25, 0.3) is 0 Å². The third-order valence-corrected chi connectivity index (χ3v) is 2.60. The Morgan fingerprint density at radius 1 is 1.37 bits per heavy atom. The second-order valence-electron chi connectivity index (χ2n) is 3.86. The number of hydrogen-bond acceptors (Lipinski definition) is 5. The average Bonchev–Trinajstić information content (AvgIpc) is 2.87. The van der Waals surface area contributed by atoms with Gasteiger partial charge in [-0.15, -0.1) is 5.10 Å². The summed E-state index contributed by atoms with van der Waals surface area (Å²) in [5, 5.41) is 18.9. The number of hydrogen-bond donors (Lipinski definition) is 0. The predicted octanol–water partition coefficient (Wildman–Crippen LogP) is 1.82. The van der Waals surface area contributed by atoms with Crippen LogP contribution in [0.4, 0.5) is 13.2 Å². The number of rotatable bonds is 2. The van der Waals surface area contributed by atoms with E-state index in [1.807, 2.05) is 0 Å². The number of halogens is 3. The lowest BCUT2D eigenvalue weighted by molar-refractivity contribution is -0.144. The van der Waals surface area contributed by atoms with Gasteiger partial charge in [0.15, 0.2) is 11.4 Å². The molecule has 0 atom stereocenters. The van der Waals surface area contributed by atoms with E-state index < -0.39 is 17.6 Å². The summed E-state index contributed by atoms with van der Waals surface area (Å²) in [7, 11) is 0. The van der Waals surface area contributed by atoms with Crippen LogP contribution in [0.2, 0.25) is 0 Å². The zero-order valence-corrected chi connectivity index (χ0v) is 9.99. The van der Waals surface area contributed by atoms with Crippen molar-refractivity contribution in [3.63, 3.8) is 0 Å². The van der Waals surface area contributed by atoms with Gasteiger partial charge in [0, 0.05) is 5.56 Å². The first-order valence-electron chi connectivity index (χ1n) is 5.17. The fourth-order valence-electron chi connectivity index (χ4n) is 1.66. The maximum atomic E-state index is 12.9. The van der Waals surface area contributed by atoms with Crippen molar-refractivity contribution >= 4 is 0 Å². The van der Waals surface area contributed by atoms with Crippen molar-refractivity contribution in [3.8, 4) is 6.07 Å². The summed E-state index contributed by atoms with van der Waals surface area (Å²) in [6.45, 7) is 3.00. The standard InChI is InChI=1S/C10H8F3N5O/c1-5-7(6(2)19-16-5)4-18-9(10(11,12)13)8(3-14)15-17-18/h4H2,1-2H3. The van der Waals surface area contributed by atoms with Gasteiger partial charge in [-0.3, -0.25) is 0 Å². The van der Waals surface area contributed by atoms with Crippen LogP contribution in [0, 0.1) is 25.2 Å². The highest BCUT2D eigenvalue weighted by Crippen LogP contribution is 2.31. The Morgan fingerprint density at radius 2 is 2.05 bits per heavy atom. The van der Waals surface area contributed by atoms with Gasteiger partial charge in [0.1, 0.15) is 11.8 Å². The summed E-state index contributed by atoms with van der Waals surface area (Å²) in [6.07, 6.45) is -4.70. The molecular formula is C10H8F3N5O. The molecule has 0 radical (unpaired) electrons. The molecule has 2 aromatic rings. The highest BCUT2D eigenvalue weighted by Gasteiger charge is 2.39. The predicted molar refractivity (Wildman–Crippen MR) is 54.8 cm³/mol. The van der Waals surface area contributed by atoms with E-state index in [9.17, 15) is 13.2 Å². The third kappa shape index (κ3) is 2.29. The Hall–Kier alpha value is -2.37. The molecule has 0 aliphatic heterocycles. The van der Waals surface area contributed by atoms with Crippen LogP contribution in [-0.4, -0.2) is 20.2 Å². The van der Waals surface area contributed by atoms with Crippen molar-refractivity contribution < 1.29 is 17.7 Å². The van der Waals surface area contributed by atoms with E-state index in [2.05, 4.69) is 15.5 Å². The Bertz CT molecular complexity index is 630. The molecular weight excluding hydrogens is 263 g/mol. The molecule has 100 valence electrons. The number of alkyl halides is 3. The minimum absolute atomic E-state index is 0.204. The van der Waals surface area contributed by atoms with Gasteiger partial charge in [0.05, 0.1) is 12.2 Å². The molecule has 0 aromatic carbocycles. The lowest BCUT2D eigenvalue weighted by Gasteiger charge is -2.09. The minimum Gasteiger partial charge on any atom is -0.361 e. The van der Waals surface area contributed by atoms with Crippen LogP contribution < -0.4 is 0 Å². The fourth-order valence-corrected chi connectivity index (χ4v) is 1.66. The lowest BCUT2D eigenvalue weighted by atomic mass is 10.2. The first kappa shape index (κ1) is 13.1. The van der Waals surface area contributed by atoms with Gasteiger partial charge in [-0.1, -0.05) is 10.4 Å². The molecule has 2 heterocycles. The first-order chi connectivity index (χ1) is 8.84. The highest BCUT2D eigenvalue weighted by molar-refractivity contribution is 5.29. The van der Waals surface area contributed by atoms with Crippen molar-refractivity contribution in [2.45, 2.75) is 26.6 Å². The van der Waals surface area contributed by atoms with Gasteiger partial charge >= 0.3 is 6.18 Å². The maximum absolute atomic E-state index is 12.9. The largest absolute Gasteiger partial charge is 0.436 e. The van der Waals surface area contributed by atoms with Crippen LogP contribution in [0.3, 0.4) is 0 Å². The number of nitrogens with zero attached hydrogens (tertiary/aromatic N) is 5. The van der Waals surface area contributed by atoms with Crippen molar-refractivity contribution in [2.75, 3.05) is 0 Å². The molecule has 0 aliphatic carbocycles. The van der Waals surface area contributed by atoms with Crippen LogP contribution in [0.1, 0.15) is 28.4 Å². The van der Waals surface area contributed by atoms with Gasteiger partial charge < -0.3 is 4.52 Å². The van der Waals surface area contributed by atoms with Crippen molar-refractivity contribution in [2.24, 2.45) is 0 Å². The molecule has 0 amide bonds. The molecule has 2 rings (SSSR count). The molecule has 9 heteroatoms. The van der Waals surface area contributed by atoms with E-state index >= 15 is 0 Å². The second-order valence-corrected chi connectivity index (χ2v) is 3.86. The molecule has 2 aromatic heterocycles. The smallest absolute Gasteiger partial charge is 0.361 e. The molecule has 0 fully saturated rings. The quantitative estimate of drug-likeness (QED) is 0.832. The molecule has 19 heavy (non-hydrogen) atoms. The number of nitriles is 1. The van der Waals surface area contributed by atoms with Crippen LogP contribution in [-0.2, 0) is 12.7 Å². The molecule has 0 bridgehead atoms. The minimum atomic E-state index is -4.70. The van der Waals surface area contributed by atoms with Crippen molar-refractivity contribution in [1.82, 2.24) is 20.2 Å². The third-order valence-electron chi connectivity index (χ3n) is 2.60. The molecule has 6 nitrogen and oxygen atoms in total. The van der Waals surface area contributed by atoms with E-state index in [0.29, 0.717) is 21.7 Å². The summed E-state index contributed by atoms with van der Waals surface area (Å²) < 4.78 is 44.1. The summed E-state index contributed by atoms with van der Waals surface area (Å²) in [5.74, 6) is 0.402. The fraction of sp³-hybridized carbons (Fsp3) is 0.400. The van der Waals surface area contributed by atoms with E-state index in [1.165, 1.54) is 6.07 Å². The van der Waals surface area contributed by atoms with Gasteiger partial charge in [-0.2, -0.15) is 18.4 Å². The maximum Gasteiger partial charge on any atom is 0.436 e.